The molecule has 1 aromatic rings. The number of morpholine rings is 1. The lowest BCUT2D eigenvalue weighted by Crippen LogP contribution is -2.47. The van der Waals surface area contributed by atoms with Crippen LogP contribution in [0, 0.1) is 0 Å². The molecule has 0 aromatic heterocycles. The second-order valence-corrected chi connectivity index (χ2v) is 4.27. The van der Waals surface area contributed by atoms with E-state index in [2.05, 4.69) is 5.32 Å². The molecule has 5 heteroatoms. The fourth-order valence-electron chi connectivity index (χ4n) is 2.17. The summed E-state index contributed by atoms with van der Waals surface area (Å²) in [7, 11) is 0. The molecule has 0 amide bonds. The maximum atomic E-state index is 6.22. The first kappa shape index (κ1) is 10.8. The summed E-state index contributed by atoms with van der Waals surface area (Å²) in [6.45, 7) is 2.54. The Morgan fingerprint density at radius 1 is 1.29 bits per heavy atom. The van der Waals surface area contributed by atoms with Gasteiger partial charge in [-0.2, -0.15) is 0 Å². The van der Waals surface area contributed by atoms with E-state index in [9.17, 15) is 0 Å². The number of nitrogens with one attached hydrogen (secondary N) is 1. The van der Waals surface area contributed by atoms with E-state index in [1.807, 2.05) is 18.2 Å². The molecule has 92 valence electrons. The van der Waals surface area contributed by atoms with Crippen molar-refractivity contribution in [3.05, 3.63) is 23.8 Å². The van der Waals surface area contributed by atoms with Gasteiger partial charge in [-0.15, -0.1) is 0 Å². The number of hydrogen-bond donors (Lipinski definition) is 2. The molecule has 2 aliphatic rings. The molecule has 0 saturated carbocycles. The highest BCUT2D eigenvalue weighted by atomic mass is 16.7. The first-order valence-corrected chi connectivity index (χ1v) is 5.81. The van der Waals surface area contributed by atoms with E-state index >= 15 is 0 Å². The predicted molar refractivity (Wildman–Crippen MR) is 62.1 cm³/mol. The highest BCUT2D eigenvalue weighted by Gasteiger charge is 2.24. The van der Waals surface area contributed by atoms with Gasteiger partial charge in [-0.1, -0.05) is 6.07 Å². The molecule has 1 fully saturated rings. The van der Waals surface area contributed by atoms with E-state index in [1.54, 1.807) is 0 Å². The largest absolute Gasteiger partial charge is 0.454 e. The standard InChI is InChI=1S/C12H16N2O3/c13-12(9-6-15-4-3-14-9)8-1-2-10-11(5-8)17-7-16-10/h1-2,5,9,12,14H,3-4,6-7,13H2. The zero-order chi connectivity index (χ0) is 11.7. The summed E-state index contributed by atoms with van der Waals surface area (Å²) in [6, 6.07) is 5.90. The summed E-state index contributed by atoms with van der Waals surface area (Å²) in [4.78, 5) is 0. The van der Waals surface area contributed by atoms with Crippen LogP contribution in [-0.2, 0) is 4.74 Å². The molecule has 3 rings (SSSR count). The topological polar surface area (TPSA) is 65.7 Å². The summed E-state index contributed by atoms with van der Waals surface area (Å²) >= 11 is 0. The lowest BCUT2D eigenvalue weighted by molar-refractivity contribution is 0.0684. The Labute approximate surface area is 99.8 Å². The van der Waals surface area contributed by atoms with E-state index in [0.29, 0.717) is 13.4 Å². The Bertz CT molecular complexity index is 405. The minimum Gasteiger partial charge on any atom is -0.454 e. The normalized spacial score (nSPS) is 24.6. The third-order valence-corrected chi connectivity index (χ3v) is 3.17. The minimum atomic E-state index is -0.0928. The molecule has 2 aliphatic heterocycles. The van der Waals surface area contributed by atoms with Crippen molar-refractivity contribution in [3.8, 4) is 11.5 Å². The van der Waals surface area contributed by atoms with Crippen LogP contribution in [-0.4, -0.2) is 32.6 Å². The number of benzene rings is 1. The second-order valence-electron chi connectivity index (χ2n) is 4.27. The predicted octanol–water partition coefficient (Wildman–Crippen LogP) is 0.404. The first-order chi connectivity index (χ1) is 8.34. The van der Waals surface area contributed by atoms with Crippen LogP contribution in [0.1, 0.15) is 11.6 Å². The molecular formula is C12H16N2O3. The zero-order valence-electron chi connectivity index (χ0n) is 9.52. The molecule has 1 saturated heterocycles. The van der Waals surface area contributed by atoms with Crippen LogP contribution < -0.4 is 20.5 Å². The molecule has 0 spiro atoms. The van der Waals surface area contributed by atoms with E-state index < -0.39 is 0 Å². The second kappa shape index (κ2) is 4.52. The molecule has 2 atom stereocenters. The molecule has 2 unspecified atom stereocenters. The molecule has 0 bridgehead atoms. The van der Waals surface area contributed by atoms with Gasteiger partial charge in [0.05, 0.1) is 13.2 Å². The lowest BCUT2D eigenvalue weighted by Gasteiger charge is -2.29. The molecule has 3 N–H and O–H groups in total. The maximum Gasteiger partial charge on any atom is 0.231 e. The Balaban J connectivity index is 1.78. The van der Waals surface area contributed by atoms with E-state index in [4.69, 9.17) is 19.9 Å². The van der Waals surface area contributed by atoms with Crippen LogP contribution in [0.25, 0.3) is 0 Å². The number of nitrogens with two attached hydrogens (primary N) is 1. The SMILES string of the molecule is NC(c1ccc2c(c1)OCO2)C1COCCN1. The van der Waals surface area contributed by atoms with Gasteiger partial charge in [0.25, 0.3) is 0 Å². The summed E-state index contributed by atoms with van der Waals surface area (Å²) in [6.07, 6.45) is 0. The molecule has 0 aliphatic carbocycles. The van der Waals surface area contributed by atoms with Gasteiger partial charge in [-0.25, -0.2) is 0 Å². The quantitative estimate of drug-likeness (QED) is 0.778. The fourth-order valence-corrected chi connectivity index (χ4v) is 2.17. The summed E-state index contributed by atoms with van der Waals surface area (Å²) in [5.74, 6) is 1.56. The van der Waals surface area contributed by atoms with Crippen molar-refractivity contribution in [2.75, 3.05) is 26.6 Å². The Morgan fingerprint density at radius 2 is 2.18 bits per heavy atom. The highest BCUT2D eigenvalue weighted by Crippen LogP contribution is 2.34. The van der Waals surface area contributed by atoms with Crippen LogP contribution in [0.15, 0.2) is 18.2 Å². The van der Waals surface area contributed by atoms with E-state index in [1.165, 1.54) is 0 Å². The third kappa shape index (κ3) is 2.09. The summed E-state index contributed by atoms with van der Waals surface area (Å²) in [5, 5.41) is 3.36. The molecule has 1 aromatic carbocycles. The summed E-state index contributed by atoms with van der Waals surface area (Å²) in [5.41, 5.74) is 7.26. The van der Waals surface area contributed by atoms with Crippen LogP contribution in [0.4, 0.5) is 0 Å². The number of rotatable bonds is 2. The first-order valence-electron chi connectivity index (χ1n) is 5.81. The van der Waals surface area contributed by atoms with Crippen molar-refractivity contribution in [2.45, 2.75) is 12.1 Å². The highest BCUT2D eigenvalue weighted by molar-refractivity contribution is 5.45. The van der Waals surface area contributed by atoms with Crippen LogP contribution in [0.5, 0.6) is 11.5 Å². The third-order valence-electron chi connectivity index (χ3n) is 3.17. The van der Waals surface area contributed by atoms with Crippen molar-refractivity contribution in [2.24, 2.45) is 5.73 Å². The van der Waals surface area contributed by atoms with Gasteiger partial charge in [-0.3, -0.25) is 0 Å². The summed E-state index contributed by atoms with van der Waals surface area (Å²) < 4.78 is 16.0. The average molecular weight is 236 g/mol. The van der Waals surface area contributed by atoms with E-state index in [-0.39, 0.29) is 12.1 Å². The molecule has 0 radical (unpaired) electrons. The van der Waals surface area contributed by atoms with Gasteiger partial charge < -0.3 is 25.3 Å². The molecule has 5 nitrogen and oxygen atoms in total. The van der Waals surface area contributed by atoms with Gasteiger partial charge >= 0.3 is 0 Å². The Hall–Kier alpha value is -1.30. The average Bonchev–Trinajstić information content (AvgIpc) is 2.86. The number of fused-ring (bicyclic) bond motifs is 1. The van der Waals surface area contributed by atoms with Crippen LogP contribution >= 0.6 is 0 Å². The van der Waals surface area contributed by atoms with E-state index in [0.717, 1.165) is 30.2 Å². The van der Waals surface area contributed by atoms with Crippen LogP contribution in [0.3, 0.4) is 0 Å². The lowest BCUT2D eigenvalue weighted by atomic mass is 9.99. The monoisotopic (exact) mass is 236 g/mol. The van der Waals surface area contributed by atoms with Gasteiger partial charge in [-0.05, 0) is 17.7 Å². The smallest absolute Gasteiger partial charge is 0.231 e. The van der Waals surface area contributed by atoms with Crippen molar-refractivity contribution in [1.29, 1.82) is 0 Å². The van der Waals surface area contributed by atoms with Crippen molar-refractivity contribution in [1.82, 2.24) is 5.32 Å². The molecule has 2 heterocycles. The van der Waals surface area contributed by atoms with Gasteiger partial charge in [0.1, 0.15) is 0 Å². The number of hydrogen-bond acceptors (Lipinski definition) is 5. The van der Waals surface area contributed by atoms with Gasteiger partial charge in [0.15, 0.2) is 11.5 Å². The van der Waals surface area contributed by atoms with Crippen molar-refractivity contribution in [3.63, 3.8) is 0 Å². The van der Waals surface area contributed by atoms with Crippen molar-refractivity contribution < 1.29 is 14.2 Å². The van der Waals surface area contributed by atoms with Crippen LogP contribution in [0.2, 0.25) is 0 Å². The Kier molecular flexibility index (Phi) is 2.88. The minimum absolute atomic E-state index is 0.0928. The maximum absolute atomic E-state index is 6.22. The van der Waals surface area contributed by atoms with Gasteiger partial charge in [0.2, 0.25) is 6.79 Å². The molecule has 17 heavy (non-hydrogen) atoms. The molecular weight excluding hydrogens is 220 g/mol. The fraction of sp³-hybridized carbons (Fsp3) is 0.500. The Morgan fingerprint density at radius 3 is 3.00 bits per heavy atom. The van der Waals surface area contributed by atoms with Gasteiger partial charge in [0, 0.05) is 18.6 Å². The zero-order valence-corrected chi connectivity index (χ0v) is 9.52. The van der Waals surface area contributed by atoms with Crippen molar-refractivity contribution >= 4 is 0 Å². The number of ether oxygens (including phenoxy) is 3.